The Morgan fingerprint density at radius 2 is 2.18 bits per heavy atom. The lowest BCUT2D eigenvalue weighted by molar-refractivity contribution is -0.130. The second-order valence-corrected chi connectivity index (χ2v) is 5.69. The van der Waals surface area contributed by atoms with E-state index in [-0.39, 0.29) is 18.0 Å². The van der Waals surface area contributed by atoms with E-state index in [2.05, 4.69) is 26.1 Å². The molecule has 2 heterocycles. The molecule has 118 valence electrons. The highest BCUT2D eigenvalue weighted by atomic mass is 79.9. The molecule has 0 aromatic carbocycles. The number of carbonyl (C=O) groups excluding carboxylic acids is 1. The van der Waals surface area contributed by atoms with Gasteiger partial charge in [0.25, 0.3) is 0 Å². The molecule has 1 amide bonds. The first kappa shape index (κ1) is 16.2. The van der Waals surface area contributed by atoms with Crippen molar-refractivity contribution in [2.75, 3.05) is 7.05 Å². The largest absolute Gasteiger partial charge is 0.476 e. The van der Waals surface area contributed by atoms with Crippen molar-refractivity contribution >= 4 is 27.8 Å². The van der Waals surface area contributed by atoms with Gasteiger partial charge in [0.1, 0.15) is 0 Å². The Kier molecular flexibility index (Phi) is 4.96. The van der Waals surface area contributed by atoms with E-state index in [9.17, 15) is 9.59 Å². The van der Waals surface area contributed by atoms with E-state index in [1.807, 2.05) is 7.05 Å². The molecule has 2 aromatic heterocycles. The molecule has 0 aliphatic carbocycles. The van der Waals surface area contributed by atoms with Crippen LogP contribution in [0.5, 0.6) is 0 Å². The first-order chi connectivity index (χ1) is 10.4. The third-order valence-electron chi connectivity index (χ3n) is 3.24. The second-order valence-electron chi connectivity index (χ2n) is 4.83. The molecule has 0 unspecified atom stereocenters. The van der Waals surface area contributed by atoms with E-state index < -0.39 is 5.97 Å². The van der Waals surface area contributed by atoms with Gasteiger partial charge in [-0.15, -0.1) is 0 Å². The van der Waals surface area contributed by atoms with Crippen LogP contribution in [0.1, 0.15) is 22.6 Å². The average Bonchev–Trinajstić information content (AvgIpc) is 3.06. The molecule has 0 spiro atoms. The zero-order valence-electron chi connectivity index (χ0n) is 12.2. The van der Waals surface area contributed by atoms with Crippen LogP contribution < -0.4 is 0 Å². The highest BCUT2D eigenvalue weighted by Gasteiger charge is 2.14. The average molecular weight is 370 g/mol. The summed E-state index contributed by atoms with van der Waals surface area (Å²) in [5.74, 6) is -1.14. The van der Waals surface area contributed by atoms with Crippen molar-refractivity contribution in [3.05, 3.63) is 34.3 Å². The summed E-state index contributed by atoms with van der Waals surface area (Å²) in [4.78, 5) is 24.5. The predicted octanol–water partition coefficient (Wildman–Crippen LogP) is 1.13. The van der Waals surface area contributed by atoms with Crippen molar-refractivity contribution in [1.82, 2.24) is 24.5 Å². The summed E-state index contributed by atoms with van der Waals surface area (Å²) in [6.45, 7) is 0.776. The maximum atomic E-state index is 12.1. The number of hydrogen-bond donors (Lipinski definition) is 1. The van der Waals surface area contributed by atoms with E-state index in [1.54, 1.807) is 29.0 Å². The molecular formula is C13H16BrN5O3. The summed E-state index contributed by atoms with van der Waals surface area (Å²) in [5, 5.41) is 16.8. The number of nitrogens with zero attached hydrogens (tertiary/aromatic N) is 5. The number of halogens is 1. The van der Waals surface area contributed by atoms with Crippen LogP contribution in [-0.4, -0.2) is 48.5 Å². The molecule has 0 fully saturated rings. The van der Waals surface area contributed by atoms with Gasteiger partial charge in [0.2, 0.25) is 5.91 Å². The lowest BCUT2D eigenvalue weighted by Gasteiger charge is -2.17. The van der Waals surface area contributed by atoms with Crippen molar-refractivity contribution < 1.29 is 14.7 Å². The minimum atomic E-state index is -1.08. The minimum Gasteiger partial charge on any atom is -0.476 e. The summed E-state index contributed by atoms with van der Waals surface area (Å²) in [6, 6.07) is 1.41. The molecule has 0 aliphatic rings. The van der Waals surface area contributed by atoms with Gasteiger partial charge in [0.15, 0.2) is 5.69 Å². The fourth-order valence-corrected chi connectivity index (χ4v) is 2.40. The number of carbonyl (C=O) groups is 2. The molecule has 8 nitrogen and oxygen atoms in total. The SMILES string of the molecule is CN(Cc1c(Br)cnn1C)C(=O)CCn1ccc(C(=O)O)n1. The first-order valence-electron chi connectivity index (χ1n) is 6.55. The normalized spacial score (nSPS) is 10.7. The Labute approximate surface area is 135 Å². The van der Waals surface area contributed by atoms with E-state index in [4.69, 9.17) is 5.11 Å². The van der Waals surface area contributed by atoms with Gasteiger partial charge in [-0.1, -0.05) is 0 Å². The van der Waals surface area contributed by atoms with Crippen LogP contribution in [0.15, 0.2) is 22.9 Å². The molecule has 0 atom stereocenters. The Morgan fingerprint density at radius 3 is 2.73 bits per heavy atom. The van der Waals surface area contributed by atoms with Crippen molar-refractivity contribution in [2.45, 2.75) is 19.5 Å². The van der Waals surface area contributed by atoms with Gasteiger partial charge < -0.3 is 10.0 Å². The summed E-state index contributed by atoms with van der Waals surface area (Å²) >= 11 is 3.40. The lowest BCUT2D eigenvalue weighted by Crippen LogP contribution is -2.28. The molecule has 0 aliphatic heterocycles. The molecule has 1 N–H and O–H groups in total. The molecule has 22 heavy (non-hydrogen) atoms. The summed E-state index contributed by atoms with van der Waals surface area (Å²) in [6.07, 6.45) is 3.48. The van der Waals surface area contributed by atoms with E-state index >= 15 is 0 Å². The summed E-state index contributed by atoms with van der Waals surface area (Å²) < 4.78 is 4.02. The van der Waals surface area contributed by atoms with Gasteiger partial charge in [0.05, 0.1) is 22.9 Å². The fraction of sp³-hybridized carbons (Fsp3) is 0.385. The molecule has 2 aromatic rings. The molecule has 0 radical (unpaired) electrons. The highest BCUT2D eigenvalue weighted by Crippen LogP contribution is 2.16. The third kappa shape index (κ3) is 3.73. The van der Waals surface area contributed by atoms with Crippen molar-refractivity contribution in [3.63, 3.8) is 0 Å². The number of aromatic carboxylic acids is 1. The van der Waals surface area contributed by atoms with Gasteiger partial charge in [-0.05, 0) is 22.0 Å². The van der Waals surface area contributed by atoms with E-state index in [0.29, 0.717) is 13.1 Å². The number of hydrogen-bond acceptors (Lipinski definition) is 4. The Hall–Kier alpha value is -2.16. The second kappa shape index (κ2) is 6.73. The predicted molar refractivity (Wildman–Crippen MR) is 81.2 cm³/mol. The van der Waals surface area contributed by atoms with Crippen LogP contribution in [0, 0.1) is 0 Å². The van der Waals surface area contributed by atoms with Crippen LogP contribution in [0.4, 0.5) is 0 Å². The zero-order valence-corrected chi connectivity index (χ0v) is 13.8. The molecule has 0 saturated heterocycles. The monoisotopic (exact) mass is 369 g/mol. The number of carboxylic acid groups (broad SMARTS) is 1. The molecule has 0 bridgehead atoms. The number of rotatable bonds is 6. The van der Waals surface area contributed by atoms with Crippen LogP contribution in [0.2, 0.25) is 0 Å². The smallest absolute Gasteiger partial charge is 0.356 e. The quantitative estimate of drug-likeness (QED) is 0.823. The molecule has 0 saturated carbocycles. The highest BCUT2D eigenvalue weighted by molar-refractivity contribution is 9.10. The van der Waals surface area contributed by atoms with E-state index in [0.717, 1.165) is 10.2 Å². The number of amides is 1. The van der Waals surface area contributed by atoms with Crippen molar-refractivity contribution in [2.24, 2.45) is 7.05 Å². The Balaban J connectivity index is 1.90. The Bertz CT molecular complexity index is 674. The summed E-state index contributed by atoms with van der Waals surface area (Å²) in [7, 11) is 3.53. The van der Waals surface area contributed by atoms with Gasteiger partial charge >= 0.3 is 5.97 Å². The zero-order chi connectivity index (χ0) is 16.3. The van der Waals surface area contributed by atoms with E-state index in [1.165, 1.54) is 10.7 Å². The number of aromatic nitrogens is 4. The van der Waals surface area contributed by atoms with Crippen LogP contribution in [-0.2, 0) is 24.9 Å². The fourth-order valence-electron chi connectivity index (χ4n) is 1.93. The van der Waals surface area contributed by atoms with Crippen molar-refractivity contribution in [3.8, 4) is 0 Å². The lowest BCUT2D eigenvalue weighted by atomic mass is 10.3. The summed E-state index contributed by atoms with van der Waals surface area (Å²) in [5.41, 5.74) is 0.878. The maximum absolute atomic E-state index is 12.1. The van der Waals surface area contributed by atoms with Crippen molar-refractivity contribution in [1.29, 1.82) is 0 Å². The van der Waals surface area contributed by atoms with Gasteiger partial charge in [-0.25, -0.2) is 4.79 Å². The minimum absolute atomic E-state index is 0.0281. The molecule has 9 heteroatoms. The van der Waals surface area contributed by atoms with Crippen LogP contribution in [0.25, 0.3) is 0 Å². The third-order valence-corrected chi connectivity index (χ3v) is 3.90. The molecule has 2 rings (SSSR count). The van der Waals surface area contributed by atoms with Gasteiger partial charge in [0, 0.05) is 33.3 Å². The standard InChI is InChI=1S/C13H16BrN5O3/c1-17(8-11-9(14)7-15-18(11)2)12(20)4-6-19-5-3-10(16-19)13(21)22/h3,5,7H,4,6,8H2,1-2H3,(H,21,22). The topological polar surface area (TPSA) is 93.2 Å². The van der Waals surface area contributed by atoms with Crippen LogP contribution >= 0.6 is 15.9 Å². The number of carboxylic acids is 1. The van der Waals surface area contributed by atoms with Crippen LogP contribution in [0.3, 0.4) is 0 Å². The molecular weight excluding hydrogens is 354 g/mol. The number of aryl methyl sites for hydroxylation is 2. The first-order valence-corrected chi connectivity index (χ1v) is 7.35. The Morgan fingerprint density at radius 1 is 1.45 bits per heavy atom. The van der Waals surface area contributed by atoms with Gasteiger partial charge in [-0.2, -0.15) is 10.2 Å². The van der Waals surface area contributed by atoms with Gasteiger partial charge in [-0.3, -0.25) is 14.2 Å². The maximum Gasteiger partial charge on any atom is 0.356 e.